The van der Waals surface area contributed by atoms with Crippen LogP contribution in [-0.2, 0) is 6.61 Å². The molecule has 0 bridgehead atoms. The van der Waals surface area contributed by atoms with Crippen LogP contribution in [0.5, 0.6) is 11.5 Å². The van der Waals surface area contributed by atoms with Crippen LogP contribution in [0, 0.1) is 0 Å². The average molecular weight is 510 g/mol. The molecule has 0 fully saturated rings. The first kappa shape index (κ1) is 24.2. The molecule has 7 heteroatoms. The zero-order chi connectivity index (χ0) is 25.6. The number of fused-ring (bicyclic) bond motifs is 1. The number of aromatic nitrogens is 1. The summed E-state index contributed by atoms with van der Waals surface area (Å²) in [6, 6.07) is 28.9. The summed E-state index contributed by atoms with van der Waals surface area (Å²) in [6.07, 6.45) is 5.28. The van der Waals surface area contributed by atoms with E-state index in [1.165, 1.54) is 6.21 Å². The first-order chi connectivity index (χ1) is 18.1. The van der Waals surface area contributed by atoms with Crippen LogP contribution in [0.3, 0.4) is 0 Å². The molecule has 0 aliphatic heterocycles. The van der Waals surface area contributed by atoms with E-state index < -0.39 is 0 Å². The van der Waals surface area contributed by atoms with Crippen molar-refractivity contribution < 1.29 is 14.3 Å². The Hall–Kier alpha value is -4.55. The minimum absolute atomic E-state index is 0.325. The average Bonchev–Trinajstić information content (AvgIpc) is 3.47. The predicted molar refractivity (Wildman–Crippen MR) is 147 cm³/mol. The zero-order valence-corrected chi connectivity index (χ0v) is 20.9. The van der Waals surface area contributed by atoms with E-state index in [0.717, 1.165) is 22.0 Å². The molecule has 6 nitrogen and oxygen atoms in total. The van der Waals surface area contributed by atoms with E-state index in [9.17, 15) is 4.79 Å². The van der Waals surface area contributed by atoms with Gasteiger partial charge in [-0.2, -0.15) is 5.10 Å². The van der Waals surface area contributed by atoms with Gasteiger partial charge in [0.15, 0.2) is 11.5 Å². The molecule has 1 N–H and O–H groups in total. The van der Waals surface area contributed by atoms with Crippen LogP contribution in [0.15, 0.2) is 108 Å². The fourth-order valence-electron chi connectivity index (χ4n) is 4.13. The second-order valence-electron chi connectivity index (χ2n) is 8.27. The molecule has 0 atom stereocenters. The normalized spacial score (nSPS) is 11.1. The number of ether oxygens (including phenoxy) is 2. The van der Waals surface area contributed by atoms with Crippen molar-refractivity contribution in [3.05, 3.63) is 125 Å². The van der Waals surface area contributed by atoms with E-state index in [4.69, 9.17) is 21.1 Å². The van der Waals surface area contributed by atoms with Gasteiger partial charge in [0.05, 0.1) is 29.6 Å². The van der Waals surface area contributed by atoms with Crippen LogP contribution in [0.25, 0.3) is 16.5 Å². The second-order valence-corrected chi connectivity index (χ2v) is 8.67. The third-order valence-electron chi connectivity index (χ3n) is 5.91. The Morgan fingerprint density at radius 2 is 1.73 bits per heavy atom. The zero-order valence-electron chi connectivity index (χ0n) is 20.1. The Balaban J connectivity index is 1.30. The molecule has 0 unspecified atom stereocenters. The summed E-state index contributed by atoms with van der Waals surface area (Å²) < 4.78 is 13.5. The highest BCUT2D eigenvalue weighted by atomic mass is 35.5. The number of methoxy groups -OCH3 is 1. The van der Waals surface area contributed by atoms with Gasteiger partial charge in [-0.3, -0.25) is 4.79 Å². The van der Waals surface area contributed by atoms with Gasteiger partial charge in [0, 0.05) is 12.4 Å². The Labute approximate surface area is 219 Å². The fourth-order valence-corrected chi connectivity index (χ4v) is 4.41. The van der Waals surface area contributed by atoms with E-state index in [1.807, 2.05) is 71.6 Å². The third kappa shape index (κ3) is 5.34. The Kier molecular flexibility index (Phi) is 7.19. The number of carbonyl (C=O) groups is 1. The lowest BCUT2D eigenvalue weighted by molar-refractivity contribution is 0.0955. The molecule has 5 rings (SSSR count). The van der Waals surface area contributed by atoms with E-state index in [-0.39, 0.29) is 5.91 Å². The molecular formula is C30H24ClN3O3. The largest absolute Gasteiger partial charge is 0.493 e. The maximum Gasteiger partial charge on any atom is 0.273 e. The molecule has 1 heterocycles. The van der Waals surface area contributed by atoms with Crippen LogP contribution >= 0.6 is 11.6 Å². The molecule has 37 heavy (non-hydrogen) atoms. The van der Waals surface area contributed by atoms with Crippen molar-refractivity contribution in [2.75, 3.05) is 7.11 Å². The van der Waals surface area contributed by atoms with Crippen molar-refractivity contribution in [1.29, 1.82) is 0 Å². The maximum atomic E-state index is 12.8. The number of hydrogen-bond acceptors (Lipinski definition) is 4. The van der Waals surface area contributed by atoms with E-state index in [2.05, 4.69) is 28.7 Å². The number of carbonyl (C=O) groups excluding carboxylic acids is 1. The lowest BCUT2D eigenvalue weighted by Gasteiger charge is -2.14. The van der Waals surface area contributed by atoms with Gasteiger partial charge in [-0.15, -0.1) is 0 Å². The van der Waals surface area contributed by atoms with Crippen LogP contribution in [0.2, 0.25) is 5.02 Å². The molecule has 5 aromatic rings. The lowest BCUT2D eigenvalue weighted by atomic mass is 10.1. The number of nitrogens with one attached hydrogen (secondary N) is 1. The first-order valence-corrected chi connectivity index (χ1v) is 12.0. The number of benzene rings is 4. The van der Waals surface area contributed by atoms with Crippen LogP contribution in [-0.4, -0.2) is 23.8 Å². The quantitative estimate of drug-likeness (QED) is 0.188. The molecule has 1 amide bonds. The van der Waals surface area contributed by atoms with Gasteiger partial charge in [0.25, 0.3) is 5.91 Å². The van der Waals surface area contributed by atoms with Crippen molar-refractivity contribution in [3.8, 4) is 17.2 Å². The van der Waals surface area contributed by atoms with Crippen molar-refractivity contribution in [2.24, 2.45) is 5.10 Å². The number of rotatable bonds is 8. The number of para-hydroxylation sites is 1. The van der Waals surface area contributed by atoms with Crippen LogP contribution in [0.4, 0.5) is 0 Å². The highest BCUT2D eigenvalue weighted by Gasteiger charge is 2.14. The Morgan fingerprint density at radius 3 is 2.57 bits per heavy atom. The standard InChI is InChI=1S/C30H24ClN3O3/c1-36-28-18-21(19-32-33-30(35)25-13-4-5-14-27(25)34-15-6-7-16-34)17-26(31)29(28)37-20-23-11-8-10-22-9-2-3-12-24(22)23/h2-19H,20H2,1H3,(H,33,35)/b32-19-. The third-order valence-corrected chi connectivity index (χ3v) is 6.20. The minimum atomic E-state index is -0.325. The maximum absolute atomic E-state index is 12.8. The fraction of sp³-hybridized carbons (Fsp3) is 0.0667. The smallest absolute Gasteiger partial charge is 0.273 e. The summed E-state index contributed by atoms with van der Waals surface area (Å²) in [6.45, 7) is 0.335. The van der Waals surface area contributed by atoms with Gasteiger partial charge in [0.1, 0.15) is 6.61 Å². The lowest BCUT2D eigenvalue weighted by Crippen LogP contribution is -2.19. The van der Waals surface area contributed by atoms with Crippen molar-refractivity contribution in [2.45, 2.75) is 6.61 Å². The van der Waals surface area contributed by atoms with Crippen LogP contribution < -0.4 is 14.9 Å². The van der Waals surface area contributed by atoms with Crippen LogP contribution in [0.1, 0.15) is 21.5 Å². The molecule has 0 saturated carbocycles. The van der Waals surface area contributed by atoms with Gasteiger partial charge in [-0.1, -0.05) is 66.2 Å². The van der Waals surface area contributed by atoms with Gasteiger partial charge in [-0.05, 0) is 58.3 Å². The molecule has 0 saturated heterocycles. The number of hydrazone groups is 1. The van der Waals surface area contributed by atoms with E-state index in [1.54, 1.807) is 25.3 Å². The molecule has 0 radical (unpaired) electrons. The van der Waals surface area contributed by atoms with Gasteiger partial charge in [-0.25, -0.2) is 5.43 Å². The highest BCUT2D eigenvalue weighted by molar-refractivity contribution is 6.32. The molecule has 0 aliphatic carbocycles. The van der Waals surface area contributed by atoms with E-state index >= 15 is 0 Å². The molecule has 184 valence electrons. The summed E-state index contributed by atoms with van der Waals surface area (Å²) in [5.74, 6) is 0.589. The van der Waals surface area contributed by atoms with Crippen molar-refractivity contribution in [3.63, 3.8) is 0 Å². The van der Waals surface area contributed by atoms with Gasteiger partial charge in [0.2, 0.25) is 0 Å². The number of nitrogens with zero attached hydrogens (tertiary/aromatic N) is 2. The number of halogens is 1. The first-order valence-electron chi connectivity index (χ1n) is 11.7. The predicted octanol–water partition coefficient (Wildman–Crippen LogP) is 6.64. The molecular weight excluding hydrogens is 486 g/mol. The molecule has 0 spiro atoms. The van der Waals surface area contributed by atoms with Crippen molar-refractivity contribution in [1.82, 2.24) is 9.99 Å². The molecule has 1 aromatic heterocycles. The monoisotopic (exact) mass is 509 g/mol. The molecule has 4 aromatic carbocycles. The topological polar surface area (TPSA) is 64.8 Å². The summed E-state index contributed by atoms with van der Waals surface area (Å²) in [5.41, 5.74) is 5.55. The SMILES string of the molecule is COc1cc(/C=N\NC(=O)c2ccccc2-n2cccc2)cc(Cl)c1OCc1cccc2ccccc12. The van der Waals surface area contributed by atoms with Gasteiger partial charge >= 0.3 is 0 Å². The van der Waals surface area contributed by atoms with Gasteiger partial charge < -0.3 is 14.0 Å². The summed E-state index contributed by atoms with van der Waals surface area (Å²) in [5, 5.41) is 6.77. The van der Waals surface area contributed by atoms with E-state index in [0.29, 0.717) is 34.3 Å². The second kappa shape index (κ2) is 11.0. The van der Waals surface area contributed by atoms with Crippen molar-refractivity contribution >= 4 is 34.5 Å². The Bertz CT molecular complexity index is 1570. The number of amides is 1. The summed E-state index contributed by atoms with van der Waals surface area (Å²) in [7, 11) is 1.55. The number of hydrogen-bond donors (Lipinski definition) is 1. The summed E-state index contributed by atoms with van der Waals surface area (Å²) >= 11 is 6.56. The summed E-state index contributed by atoms with van der Waals surface area (Å²) in [4.78, 5) is 12.8. The highest BCUT2D eigenvalue weighted by Crippen LogP contribution is 2.37. The minimum Gasteiger partial charge on any atom is -0.493 e. The Morgan fingerprint density at radius 1 is 0.973 bits per heavy atom. The molecule has 0 aliphatic rings.